The highest BCUT2D eigenvalue weighted by Gasteiger charge is 2.22. The topological polar surface area (TPSA) is 52.3 Å². The lowest BCUT2D eigenvalue weighted by atomic mass is 10.2. The monoisotopic (exact) mass is 401 g/mol. The molecule has 1 aromatic heterocycles. The molecule has 0 spiro atoms. The van der Waals surface area contributed by atoms with Crippen molar-refractivity contribution in [3.05, 3.63) is 38.8 Å². The highest BCUT2D eigenvalue weighted by Crippen LogP contribution is 2.34. The predicted octanol–water partition coefficient (Wildman–Crippen LogP) is 4.56. The van der Waals surface area contributed by atoms with Crippen LogP contribution in [0, 0.1) is 3.57 Å². The van der Waals surface area contributed by atoms with E-state index < -0.39 is 5.60 Å². The molecule has 0 bridgehead atoms. The van der Waals surface area contributed by atoms with Crippen molar-refractivity contribution >= 4 is 45.6 Å². The summed E-state index contributed by atoms with van der Waals surface area (Å²) < 4.78 is 6.53. The molecule has 2 rings (SSSR count). The van der Waals surface area contributed by atoms with E-state index in [9.17, 15) is 4.79 Å². The van der Waals surface area contributed by atoms with Gasteiger partial charge in [0.15, 0.2) is 0 Å². The number of halogens is 1. The van der Waals surface area contributed by atoms with Crippen LogP contribution in [0.4, 0.5) is 5.69 Å². The van der Waals surface area contributed by atoms with E-state index in [0.29, 0.717) is 10.6 Å². The number of anilines is 1. The molecule has 0 aliphatic carbocycles. The number of hydrogen-bond acceptors (Lipinski definition) is 4. The predicted molar refractivity (Wildman–Crippen MR) is 92.1 cm³/mol. The van der Waals surface area contributed by atoms with Crippen LogP contribution in [-0.2, 0) is 4.74 Å². The summed E-state index contributed by atoms with van der Waals surface area (Å²) in [7, 11) is 0. The fraction of sp³-hybridized carbons (Fsp3) is 0.267. The van der Waals surface area contributed by atoms with Crippen LogP contribution in [0.25, 0.3) is 10.4 Å². The lowest BCUT2D eigenvalue weighted by molar-refractivity contribution is 0.00764. The molecule has 106 valence electrons. The van der Waals surface area contributed by atoms with Gasteiger partial charge in [0.2, 0.25) is 0 Å². The van der Waals surface area contributed by atoms with Gasteiger partial charge in [-0.25, -0.2) is 4.79 Å². The first-order chi connectivity index (χ1) is 9.26. The Labute approximate surface area is 136 Å². The fourth-order valence-electron chi connectivity index (χ4n) is 1.65. The molecule has 0 saturated heterocycles. The van der Waals surface area contributed by atoms with E-state index in [0.717, 1.165) is 10.4 Å². The maximum Gasteiger partial charge on any atom is 0.350 e. The van der Waals surface area contributed by atoms with Crippen molar-refractivity contribution in [2.24, 2.45) is 0 Å². The smallest absolute Gasteiger partial charge is 0.350 e. The molecule has 0 amide bonds. The van der Waals surface area contributed by atoms with Crippen molar-refractivity contribution in [1.82, 2.24) is 0 Å². The summed E-state index contributed by atoms with van der Waals surface area (Å²) in [5, 5.41) is 0. The zero-order chi connectivity index (χ0) is 14.9. The first-order valence-corrected chi connectivity index (χ1v) is 8.04. The van der Waals surface area contributed by atoms with E-state index >= 15 is 0 Å². The molecule has 0 aliphatic heterocycles. The molecule has 0 saturated carbocycles. The molecule has 2 aromatic rings. The van der Waals surface area contributed by atoms with Gasteiger partial charge in [0, 0.05) is 8.45 Å². The Bertz CT molecular complexity index is 626. The summed E-state index contributed by atoms with van der Waals surface area (Å²) in [5.74, 6) is -0.364. The molecular formula is C15H16INO2S. The van der Waals surface area contributed by atoms with Crippen molar-refractivity contribution in [3.63, 3.8) is 0 Å². The quantitative estimate of drug-likeness (QED) is 0.593. The summed E-state index contributed by atoms with van der Waals surface area (Å²) in [6.07, 6.45) is 0. The van der Waals surface area contributed by atoms with E-state index in [2.05, 4.69) is 22.6 Å². The van der Waals surface area contributed by atoms with E-state index in [1.807, 2.05) is 51.1 Å². The van der Waals surface area contributed by atoms with Gasteiger partial charge in [0.05, 0.1) is 5.69 Å². The minimum atomic E-state index is -0.517. The summed E-state index contributed by atoms with van der Waals surface area (Å²) in [6.45, 7) is 5.53. The van der Waals surface area contributed by atoms with E-state index in [-0.39, 0.29) is 5.97 Å². The number of thiophene rings is 1. The second-order valence-corrected chi connectivity index (χ2v) is 7.70. The molecule has 1 aromatic carbocycles. The normalized spacial score (nSPS) is 11.4. The van der Waals surface area contributed by atoms with Gasteiger partial charge in [-0.15, -0.1) is 11.3 Å². The first-order valence-electron chi connectivity index (χ1n) is 6.15. The average molecular weight is 401 g/mol. The summed E-state index contributed by atoms with van der Waals surface area (Å²) in [4.78, 5) is 13.5. The number of esters is 1. The third-order valence-corrected chi connectivity index (χ3v) is 4.37. The van der Waals surface area contributed by atoms with Crippen molar-refractivity contribution in [2.45, 2.75) is 26.4 Å². The zero-order valence-corrected chi connectivity index (χ0v) is 14.5. The molecule has 0 radical (unpaired) electrons. The first kappa shape index (κ1) is 15.3. The number of nitrogen functional groups attached to an aromatic ring is 1. The number of nitrogens with two attached hydrogens (primary N) is 1. The maximum absolute atomic E-state index is 12.1. The lowest BCUT2D eigenvalue weighted by Crippen LogP contribution is -2.23. The summed E-state index contributed by atoms with van der Waals surface area (Å²) in [5.41, 5.74) is 6.94. The summed E-state index contributed by atoms with van der Waals surface area (Å²) >= 11 is 3.62. The Kier molecular flexibility index (Phi) is 4.39. The number of carbonyl (C=O) groups excluding carboxylic acids is 1. The van der Waals surface area contributed by atoms with Gasteiger partial charge < -0.3 is 10.5 Å². The Morgan fingerprint density at radius 2 is 1.85 bits per heavy atom. The van der Waals surface area contributed by atoms with Crippen LogP contribution in [-0.4, -0.2) is 11.6 Å². The van der Waals surface area contributed by atoms with Crippen LogP contribution < -0.4 is 5.73 Å². The van der Waals surface area contributed by atoms with Gasteiger partial charge >= 0.3 is 5.97 Å². The van der Waals surface area contributed by atoms with Gasteiger partial charge in [0.1, 0.15) is 10.5 Å². The Hall–Kier alpha value is -1.08. The van der Waals surface area contributed by atoms with E-state index in [4.69, 9.17) is 10.5 Å². The number of carbonyl (C=O) groups is 1. The zero-order valence-electron chi connectivity index (χ0n) is 11.6. The molecule has 3 nitrogen and oxygen atoms in total. The number of benzene rings is 1. The van der Waals surface area contributed by atoms with Crippen molar-refractivity contribution in [1.29, 1.82) is 0 Å². The number of hydrogen-bond donors (Lipinski definition) is 1. The molecule has 20 heavy (non-hydrogen) atoms. The van der Waals surface area contributed by atoms with Gasteiger partial charge in [-0.3, -0.25) is 0 Å². The van der Waals surface area contributed by atoms with Crippen molar-refractivity contribution in [2.75, 3.05) is 5.73 Å². The SMILES string of the molecule is CC(C)(C)OC(=O)c1sc(-c2ccc(I)cc2)cc1N. The summed E-state index contributed by atoms with van der Waals surface area (Å²) in [6, 6.07) is 9.92. The Morgan fingerprint density at radius 3 is 2.40 bits per heavy atom. The van der Waals surface area contributed by atoms with Crippen LogP contribution in [0.3, 0.4) is 0 Å². The molecule has 5 heteroatoms. The minimum Gasteiger partial charge on any atom is -0.456 e. The number of rotatable bonds is 2. The van der Waals surface area contributed by atoms with Crippen LogP contribution >= 0.6 is 33.9 Å². The van der Waals surface area contributed by atoms with Crippen LogP contribution in [0.15, 0.2) is 30.3 Å². The molecule has 0 unspecified atom stereocenters. The van der Waals surface area contributed by atoms with Crippen LogP contribution in [0.2, 0.25) is 0 Å². The van der Waals surface area contributed by atoms with E-state index in [1.54, 1.807) is 0 Å². The number of ether oxygens (including phenoxy) is 1. The highest BCUT2D eigenvalue weighted by atomic mass is 127. The van der Waals surface area contributed by atoms with Gasteiger partial charge in [-0.05, 0) is 67.1 Å². The molecule has 0 atom stereocenters. The van der Waals surface area contributed by atoms with Crippen LogP contribution in [0.1, 0.15) is 30.4 Å². The van der Waals surface area contributed by atoms with Crippen molar-refractivity contribution < 1.29 is 9.53 Å². The molecule has 1 heterocycles. The Morgan fingerprint density at radius 1 is 1.25 bits per heavy atom. The van der Waals surface area contributed by atoms with Crippen molar-refractivity contribution in [3.8, 4) is 10.4 Å². The second kappa shape index (κ2) is 5.73. The largest absolute Gasteiger partial charge is 0.456 e. The van der Waals surface area contributed by atoms with Gasteiger partial charge in [-0.2, -0.15) is 0 Å². The second-order valence-electron chi connectivity index (χ2n) is 5.40. The van der Waals surface area contributed by atoms with E-state index in [1.165, 1.54) is 14.9 Å². The van der Waals surface area contributed by atoms with Crippen LogP contribution in [0.5, 0.6) is 0 Å². The maximum atomic E-state index is 12.1. The van der Waals surface area contributed by atoms with Gasteiger partial charge in [-0.1, -0.05) is 12.1 Å². The fourth-order valence-corrected chi connectivity index (χ4v) is 2.97. The third-order valence-electron chi connectivity index (χ3n) is 2.47. The standard InChI is InChI=1S/C15H16INO2S/c1-15(2,3)19-14(18)13-11(17)8-12(20-13)9-4-6-10(16)7-5-9/h4-8H,17H2,1-3H3. The highest BCUT2D eigenvalue weighted by molar-refractivity contribution is 14.1. The minimum absolute atomic E-state index is 0.364. The molecule has 0 aliphatic rings. The molecule has 0 fully saturated rings. The third kappa shape index (κ3) is 3.73. The van der Waals surface area contributed by atoms with Gasteiger partial charge in [0.25, 0.3) is 0 Å². The average Bonchev–Trinajstić information content (AvgIpc) is 2.70. The molecular weight excluding hydrogens is 385 g/mol. The molecule has 2 N–H and O–H groups in total. The Balaban J connectivity index is 2.30. The lowest BCUT2D eigenvalue weighted by Gasteiger charge is -2.18.